The topological polar surface area (TPSA) is 58.1 Å². The van der Waals surface area contributed by atoms with E-state index < -0.39 is 0 Å². The Balaban J connectivity index is 1.80. The Labute approximate surface area is 157 Å². The molecule has 0 unspecified atom stereocenters. The van der Waals surface area contributed by atoms with Crippen LogP contribution >= 0.6 is 0 Å². The maximum absolute atomic E-state index is 13.3. The molecule has 1 aliphatic rings. The number of nitrogens with zero attached hydrogens (tertiary/aromatic N) is 3. The Morgan fingerprint density at radius 3 is 2.56 bits per heavy atom. The molecule has 1 saturated heterocycles. The molecule has 1 N–H and O–H groups in total. The van der Waals surface area contributed by atoms with Crippen molar-refractivity contribution in [3.63, 3.8) is 0 Å². The molecule has 27 heavy (non-hydrogen) atoms. The van der Waals surface area contributed by atoms with Gasteiger partial charge in [0.1, 0.15) is 5.82 Å². The van der Waals surface area contributed by atoms with Gasteiger partial charge in [-0.3, -0.25) is 4.79 Å². The van der Waals surface area contributed by atoms with Crippen molar-refractivity contribution in [2.45, 2.75) is 26.2 Å². The molecule has 138 valence electrons. The van der Waals surface area contributed by atoms with Gasteiger partial charge in [-0.2, -0.15) is 0 Å². The highest BCUT2D eigenvalue weighted by molar-refractivity contribution is 6.07. The molecule has 6 heteroatoms. The van der Waals surface area contributed by atoms with E-state index in [1.165, 1.54) is 12.1 Å². The average molecular weight is 364 g/mol. The number of aromatic nitrogens is 2. The Bertz CT molecular complexity index is 981. The number of nitrogens with one attached hydrogen (secondary N) is 1. The van der Waals surface area contributed by atoms with E-state index in [2.05, 4.69) is 15.3 Å². The molecule has 0 aliphatic carbocycles. The fourth-order valence-electron chi connectivity index (χ4n) is 3.41. The molecular formula is C21H21FN4O. The van der Waals surface area contributed by atoms with Crippen molar-refractivity contribution in [1.82, 2.24) is 14.9 Å². The summed E-state index contributed by atoms with van der Waals surface area (Å²) in [6, 6.07) is 9.90. The summed E-state index contributed by atoms with van der Waals surface area (Å²) in [4.78, 5) is 23.9. The molecule has 1 amide bonds. The van der Waals surface area contributed by atoms with Gasteiger partial charge in [-0.05, 0) is 62.6 Å². The summed E-state index contributed by atoms with van der Waals surface area (Å²) < 4.78 is 13.3. The lowest BCUT2D eigenvalue weighted by atomic mass is 10.1. The molecule has 0 bridgehead atoms. The number of hydrogen-bond donors (Lipinski definition) is 1. The predicted molar refractivity (Wildman–Crippen MR) is 104 cm³/mol. The summed E-state index contributed by atoms with van der Waals surface area (Å²) in [6.45, 7) is 3.43. The number of halogens is 1. The van der Waals surface area contributed by atoms with Gasteiger partial charge in [0.15, 0.2) is 5.65 Å². The molecule has 2 aromatic heterocycles. The number of rotatable bonds is 3. The smallest absolute Gasteiger partial charge is 0.257 e. The fraction of sp³-hybridized carbons (Fsp3) is 0.286. The lowest BCUT2D eigenvalue weighted by Crippen LogP contribution is -2.36. The van der Waals surface area contributed by atoms with Crippen molar-refractivity contribution < 1.29 is 9.18 Å². The van der Waals surface area contributed by atoms with Gasteiger partial charge in [0.2, 0.25) is 0 Å². The first-order chi connectivity index (χ1) is 13.1. The van der Waals surface area contributed by atoms with Gasteiger partial charge in [0.25, 0.3) is 5.91 Å². The van der Waals surface area contributed by atoms with E-state index in [0.29, 0.717) is 22.6 Å². The summed E-state index contributed by atoms with van der Waals surface area (Å²) in [6.07, 6.45) is 4.80. The van der Waals surface area contributed by atoms with Gasteiger partial charge in [0.05, 0.1) is 11.3 Å². The number of aryl methyl sites for hydroxylation is 1. The number of fused-ring (bicyclic) bond motifs is 1. The molecule has 0 saturated carbocycles. The highest BCUT2D eigenvalue weighted by Gasteiger charge is 2.23. The second-order valence-corrected chi connectivity index (χ2v) is 6.86. The number of benzene rings is 1. The van der Waals surface area contributed by atoms with Gasteiger partial charge < -0.3 is 10.2 Å². The number of carbonyl (C=O) groups excluding carboxylic acids is 1. The molecule has 5 nitrogen and oxygen atoms in total. The van der Waals surface area contributed by atoms with Crippen LogP contribution in [-0.4, -0.2) is 33.9 Å². The first kappa shape index (κ1) is 17.4. The Hall–Kier alpha value is -3.02. The van der Waals surface area contributed by atoms with Gasteiger partial charge in [0, 0.05) is 36.1 Å². The van der Waals surface area contributed by atoms with E-state index in [0.717, 1.165) is 43.4 Å². The number of carbonyl (C=O) groups is 1. The van der Waals surface area contributed by atoms with Crippen LogP contribution in [0.15, 0.2) is 42.6 Å². The first-order valence-electron chi connectivity index (χ1n) is 9.20. The number of hydrogen-bond acceptors (Lipinski definition) is 4. The van der Waals surface area contributed by atoms with E-state index in [-0.39, 0.29) is 11.7 Å². The lowest BCUT2D eigenvalue weighted by Gasteiger charge is -2.27. The molecule has 0 atom stereocenters. The van der Waals surface area contributed by atoms with Crippen molar-refractivity contribution in [1.29, 1.82) is 0 Å². The third-order valence-electron chi connectivity index (χ3n) is 4.86. The molecule has 3 aromatic rings. The van der Waals surface area contributed by atoms with Crippen molar-refractivity contribution in [3.8, 4) is 0 Å². The maximum Gasteiger partial charge on any atom is 0.257 e. The number of amides is 1. The van der Waals surface area contributed by atoms with Gasteiger partial charge in [-0.15, -0.1) is 0 Å². The van der Waals surface area contributed by atoms with Crippen LogP contribution < -0.4 is 5.32 Å². The standard InChI is InChI=1S/C21H21FN4O/c1-14-5-10-17-19(25-16-8-6-15(22)7-9-16)18(13-23-20(17)24-14)21(27)26-11-3-2-4-12-26/h5-10,13H,2-4,11-12H2,1H3,(H,23,24,25). The van der Waals surface area contributed by atoms with Crippen LogP contribution in [0.2, 0.25) is 0 Å². The summed E-state index contributed by atoms with van der Waals surface area (Å²) in [7, 11) is 0. The second kappa shape index (κ2) is 7.31. The third-order valence-corrected chi connectivity index (χ3v) is 4.86. The number of likely N-dealkylation sites (tertiary alicyclic amines) is 1. The minimum absolute atomic E-state index is 0.0331. The summed E-state index contributed by atoms with van der Waals surface area (Å²) >= 11 is 0. The zero-order valence-corrected chi connectivity index (χ0v) is 15.2. The fourth-order valence-corrected chi connectivity index (χ4v) is 3.41. The average Bonchev–Trinajstić information content (AvgIpc) is 2.70. The molecule has 3 heterocycles. The molecule has 1 aromatic carbocycles. The monoisotopic (exact) mass is 364 g/mol. The molecule has 0 spiro atoms. The van der Waals surface area contributed by atoms with Crippen LogP contribution in [0.4, 0.5) is 15.8 Å². The zero-order valence-electron chi connectivity index (χ0n) is 15.2. The SMILES string of the molecule is Cc1ccc2c(Nc3ccc(F)cc3)c(C(=O)N3CCCCC3)cnc2n1. The number of piperidine rings is 1. The third kappa shape index (κ3) is 3.60. The zero-order chi connectivity index (χ0) is 18.8. The van der Waals surface area contributed by atoms with Crippen LogP contribution in [0, 0.1) is 12.7 Å². The van der Waals surface area contributed by atoms with Crippen LogP contribution in [-0.2, 0) is 0 Å². The van der Waals surface area contributed by atoms with Crippen LogP contribution in [0.5, 0.6) is 0 Å². The first-order valence-corrected chi connectivity index (χ1v) is 9.20. The molecular weight excluding hydrogens is 343 g/mol. The number of pyridine rings is 2. The van der Waals surface area contributed by atoms with E-state index in [1.54, 1.807) is 18.3 Å². The van der Waals surface area contributed by atoms with Crippen LogP contribution in [0.1, 0.15) is 35.3 Å². The summed E-state index contributed by atoms with van der Waals surface area (Å²) in [5.74, 6) is -0.337. The second-order valence-electron chi connectivity index (χ2n) is 6.86. The lowest BCUT2D eigenvalue weighted by molar-refractivity contribution is 0.0725. The Kier molecular flexibility index (Phi) is 4.71. The maximum atomic E-state index is 13.3. The molecule has 1 fully saturated rings. The van der Waals surface area contributed by atoms with Gasteiger partial charge in [-0.25, -0.2) is 14.4 Å². The summed E-state index contributed by atoms with van der Waals surface area (Å²) in [5, 5.41) is 4.06. The van der Waals surface area contributed by atoms with E-state index in [9.17, 15) is 9.18 Å². The van der Waals surface area contributed by atoms with Crippen molar-refractivity contribution in [3.05, 3.63) is 59.7 Å². The van der Waals surface area contributed by atoms with Crippen molar-refractivity contribution in [2.75, 3.05) is 18.4 Å². The molecule has 1 aliphatic heterocycles. The minimum atomic E-state index is -0.304. The van der Waals surface area contributed by atoms with E-state index in [1.807, 2.05) is 24.0 Å². The highest BCUT2D eigenvalue weighted by Crippen LogP contribution is 2.30. The molecule has 0 radical (unpaired) electrons. The quantitative estimate of drug-likeness (QED) is 0.746. The van der Waals surface area contributed by atoms with Crippen molar-refractivity contribution in [2.24, 2.45) is 0 Å². The predicted octanol–water partition coefficient (Wildman–Crippen LogP) is 4.45. The minimum Gasteiger partial charge on any atom is -0.354 e. The van der Waals surface area contributed by atoms with E-state index in [4.69, 9.17) is 0 Å². The highest BCUT2D eigenvalue weighted by atomic mass is 19.1. The van der Waals surface area contributed by atoms with E-state index >= 15 is 0 Å². The van der Waals surface area contributed by atoms with Crippen molar-refractivity contribution >= 4 is 28.3 Å². The van der Waals surface area contributed by atoms with Crippen LogP contribution in [0.3, 0.4) is 0 Å². The largest absolute Gasteiger partial charge is 0.354 e. The molecule has 4 rings (SSSR count). The number of anilines is 2. The summed E-state index contributed by atoms with van der Waals surface area (Å²) in [5.41, 5.74) is 3.32. The normalized spacial score (nSPS) is 14.4. The Morgan fingerprint density at radius 2 is 1.81 bits per heavy atom. The van der Waals surface area contributed by atoms with Gasteiger partial charge in [-0.1, -0.05) is 0 Å². The van der Waals surface area contributed by atoms with Crippen LogP contribution in [0.25, 0.3) is 11.0 Å². The Morgan fingerprint density at radius 1 is 1.07 bits per heavy atom. The van der Waals surface area contributed by atoms with Gasteiger partial charge >= 0.3 is 0 Å².